The van der Waals surface area contributed by atoms with Crippen LogP contribution < -0.4 is 0 Å². The van der Waals surface area contributed by atoms with Crippen LogP contribution in [0.4, 0.5) is 0 Å². The molecular weight excluding hydrogens is 300 g/mol. The number of fused-ring (bicyclic) bond motifs is 1. The maximum absolute atomic E-state index is 11.8. The summed E-state index contributed by atoms with van der Waals surface area (Å²) in [6, 6.07) is 0. The summed E-state index contributed by atoms with van der Waals surface area (Å²) in [5.41, 5.74) is 0. The van der Waals surface area contributed by atoms with E-state index >= 15 is 0 Å². The molecule has 132 valence electrons. The molecule has 0 spiro atoms. The van der Waals surface area contributed by atoms with Crippen molar-refractivity contribution in [2.75, 3.05) is 13.2 Å². The van der Waals surface area contributed by atoms with Gasteiger partial charge in [0.1, 0.15) is 12.2 Å². The Morgan fingerprint density at radius 1 is 0.826 bits per heavy atom. The summed E-state index contributed by atoms with van der Waals surface area (Å²) in [4.78, 5) is 23.6. The molecule has 6 heteroatoms. The highest BCUT2D eigenvalue weighted by molar-refractivity contribution is 5.70. The van der Waals surface area contributed by atoms with E-state index in [2.05, 4.69) is 6.92 Å². The molecule has 0 radical (unpaired) electrons. The molecule has 0 aromatic rings. The first-order valence-electron chi connectivity index (χ1n) is 8.77. The van der Waals surface area contributed by atoms with Gasteiger partial charge in [0.05, 0.1) is 13.2 Å². The molecule has 0 bridgehead atoms. The molecular formula is C17H28O6. The van der Waals surface area contributed by atoms with Crippen LogP contribution in [0, 0.1) is 0 Å². The molecule has 0 unspecified atom stereocenters. The van der Waals surface area contributed by atoms with Crippen LogP contribution in [0.1, 0.15) is 58.8 Å². The van der Waals surface area contributed by atoms with Gasteiger partial charge in [-0.3, -0.25) is 9.59 Å². The standard InChI is InChI=1S/C17H28O6/c1-3-5-7-9-15(19)23-13-11-21-16-12(10-20-17(13)16)22-14(18)8-6-4-2/h12-13,16-17H,3-11H2,1-2H3/t12-,13+,16+,17+/m0/s1. The Hall–Kier alpha value is -1.14. The van der Waals surface area contributed by atoms with Crippen molar-refractivity contribution < 1.29 is 28.5 Å². The summed E-state index contributed by atoms with van der Waals surface area (Å²) in [6.45, 7) is 4.73. The van der Waals surface area contributed by atoms with E-state index in [-0.39, 0.29) is 24.1 Å². The number of hydrogen-bond acceptors (Lipinski definition) is 6. The lowest BCUT2D eigenvalue weighted by atomic mass is 10.1. The molecule has 23 heavy (non-hydrogen) atoms. The molecule has 2 fully saturated rings. The summed E-state index contributed by atoms with van der Waals surface area (Å²) < 4.78 is 22.2. The lowest BCUT2D eigenvalue weighted by Gasteiger charge is -2.17. The Balaban J connectivity index is 1.75. The van der Waals surface area contributed by atoms with Gasteiger partial charge >= 0.3 is 11.9 Å². The fourth-order valence-electron chi connectivity index (χ4n) is 2.93. The Kier molecular flexibility index (Phi) is 7.30. The van der Waals surface area contributed by atoms with Gasteiger partial charge in [-0.2, -0.15) is 0 Å². The van der Waals surface area contributed by atoms with E-state index < -0.39 is 12.2 Å². The molecule has 2 heterocycles. The van der Waals surface area contributed by atoms with Gasteiger partial charge in [-0.25, -0.2) is 0 Å². The highest BCUT2D eigenvalue weighted by atomic mass is 16.7. The summed E-state index contributed by atoms with van der Waals surface area (Å²) in [5.74, 6) is -0.426. The van der Waals surface area contributed by atoms with Crippen molar-refractivity contribution in [1.82, 2.24) is 0 Å². The minimum atomic E-state index is -0.395. The Morgan fingerprint density at radius 2 is 1.30 bits per heavy atom. The second-order valence-corrected chi connectivity index (χ2v) is 6.21. The third-order valence-electron chi connectivity index (χ3n) is 4.25. The smallest absolute Gasteiger partial charge is 0.306 e. The van der Waals surface area contributed by atoms with E-state index in [1.165, 1.54) is 0 Å². The lowest BCUT2D eigenvalue weighted by Crippen LogP contribution is -2.35. The number of rotatable bonds is 9. The zero-order valence-electron chi connectivity index (χ0n) is 14.1. The minimum Gasteiger partial charge on any atom is -0.457 e. The first kappa shape index (κ1) is 18.2. The predicted molar refractivity (Wildman–Crippen MR) is 82.9 cm³/mol. The average molecular weight is 328 g/mol. The van der Waals surface area contributed by atoms with Crippen molar-refractivity contribution in [3.63, 3.8) is 0 Å². The van der Waals surface area contributed by atoms with Crippen molar-refractivity contribution >= 4 is 11.9 Å². The van der Waals surface area contributed by atoms with E-state index in [0.29, 0.717) is 26.1 Å². The van der Waals surface area contributed by atoms with Crippen LogP contribution in [0.3, 0.4) is 0 Å². The maximum Gasteiger partial charge on any atom is 0.306 e. The normalized spacial score (nSPS) is 29.3. The van der Waals surface area contributed by atoms with Gasteiger partial charge in [0.25, 0.3) is 0 Å². The Bertz CT molecular complexity index is 397. The second-order valence-electron chi connectivity index (χ2n) is 6.21. The van der Waals surface area contributed by atoms with Gasteiger partial charge in [0, 0.05) is 12.8 Å². The lowest BCUT2D eigenvalue weighted by molar-refractivity contribution is -0.155. The van der Waals surface area contributed by atoms with Crippen molar-refractivity contribution in [2.45, 2.75) is 83.2 Å². The minimum absolute atomic E-state index is 0.209. The fourth-order valence-corrected chi connectivity index (χ4v) is 2.93. The fraction of sp³-hybridized carbons (Fsp3) is 0.882. The average Bonchev–Trinajstić information content (AvgIpc) is 3.10. The molecule has 2 rings (SSSR count). The number of unbranched alkanes of at least 4 members (excludes halogenated alkanes) is 3. The molecule has 0 amide bonds. The molecule has 0 saturated carbocycles. The van der Waals surface area contributed by atoms with Crippen LogP contribution in [0.5, 0.6) is 0 Å². The molecule has 4 atom stereocenters. The molecule has 0 aromatic heterocycles. The summed E-state index contributed by atoms with van der Waals surface area (Å²) in [7, 11) is 0. The van der Waals surface area contributed by atoms with Gasteiger partial charge in [-0.05, 0) is 12.8 Å². The monoisotopic (exact) mass is 328 g/mol. The van der Waals surface area contributed by atoms with Crippen LogP contribution in [0.25, 0.3) is 0 Å². The van der Waals surface area contributed by atoms with E-state index in [0.717, 1.165) is 32.1 Å². The zero-order valence-corrected chi connectivity index (χ0v) is 14.1. The number of hydrogen-bond donors (Lipinski definition) is 0. The quantitative estimate of drug-likeness (QED) is 0.478. The number of carbonyl (C=O) groups is 2. The zero-order chi connectivity index (χ0) is 16.7. The molecule has 0 aliphatic carbocycles. The van der Waals surface area contributed by atoms with Gasteiger partial charge in [-0.15, -0.1) is 0 Å². The van der Waals surface area contributed by atoms with Gasteiger partial charge in [0.15, 0.2) is 12.2 Å². The van der Waals surface area contributed by atoms with E-state index in [1.54, 1.807) is 0 Å². The number of ether oxygens (including phenoxy) is 4. The summed E-state index contributed by atoms with van der Waals surface area (Å²) in [5, 5.41) is 0. The largest absolute Gasteiger partial charge is 0.457 e. The molecule has 0 N–H and O–H groups in total. The number of carbonyl (C=O) groups excluding carboxylic acids is 2. The van der Waals surface area contributed by atoms with E-state index in [1.807, 2.05) is 6.92 Å². The third kappa shape index (κ3) is 5.18. The SMILES string of the molecule is CCCCCC(=O)O[C@@H]1CO[C@H]2[C@@H]1OC[C@@H]2OC(=O)CCCC. The van der Waals surface area contributed by atoms with Crippen LogP contribution >= 0.6 is 0 Å². The highest BCUT2D eigenvalue weighted by Crippen LogP contribution is 2.31. The third-order valence-corrected chi connectivity index (χ3v) is 4.25. The molecule has 2 aliphatic heterocycles. The maximum atomic E-state index is 11.8. The Labute approximate surface area is 137 Å². The van der Waals surface area contributed by atoms with Gasteiger partial charge < -0.3 is 18.9 Å². The first-order valence-corrected chi connectivity index (χ1v) is 8.77. The van der Waals surface area contributed by atoms with Crippen molar-refractivity contribution in [3.8, 4) is 0 Å². The molecule has 6 nitrogen and oxygen atoms in total. The molecule has 0 aromatic carbocycles. The highest BCUT2D eigenvalue weighted by Gasteiger charge is 2.51. The van der Waals surface area contributed by atoms with Crippen molar-refractivity contribution in [1.29, 1.82) is 0 Å². The first-order chi connectivity index (χ1) is 11.2. The molecule has 2 saturated heterocycles. The van der Waals surface area contributed by atoms with Crippen LogP contribution in [-0.2, 0) is 28.5 Å². The summed E-state index contributed by atoms with van der Waals surface area (Å²) >= 11 is 0. The van der Waals surface area contributed by atoms with Gasteiger partial charge in [0.2, 0.25) is 0 Å². The van der Waals surface area contributed by atoms with Gasteiger partial charge in [-0.1, -0.05) is 33.1 Å². The Morgan fingerprint density at radius 3 is 1.78 bits per heavy atom. The van der Waals surface area contributed by atoms with E-state index in [9.17, 15) is 9.59 Å². The molecule has 2 aliphatic rings. The summed E-state index contributed by atoms with van der Waals surface area (Å²) in [6.07, 6.45) is 4.11. The van der Waals surface area contributed by atoms with Crippen LogP contribution in [0.2, 0.25) is 0 Å². The topological polar surface area (TPSA) is 71.1 Å². The predicted octanol–water partition coefficient (Wildman–Crippen LogP) is 2.38. The second kappa shape index (κ2) is 9.23. The van der Waals surface area contributed by atoms with Crippen LogP contribution in [-0.4, -0.2) is 49.6 Å². The van der Waals surface area contributed by atoms with Crippen molar-refractivity contribution in [3.05, 3.63) is 0 Å². The van der Waals surface area contributed by atoms with Crippen molar-refractivity contribution in [2.24, 2.45) is 0 Å². The van der Waals surface area contributed by atoms with E-state index in [4.69, 9.17) is 18.9 Å². The van der Waals surface area contributed by atoms with Crippen LogP contribution in [0.15, 0.2) is 0 Å². The number of esters is 2.